The highest BCUT2D eigenvalue weighted by Gasteiger charge is 2.25. The lowest BCUT2D eigenvalue weighted by atomic mass is 9.83. The average molecular weight is 703 g/mol. The van der Waals surface area contributed by atoms with Crippen molar-refractivity contribution in [2.45, 2.75) is 72.8 Å². The number of anilines is 2. The van der Waals surface area contributed by atoms with E-state index in [1.54, 1.807) is 6.92 Å². The number of nitrogens with zero attached hydrogens (tertiary/aromatic N) is 2. The number of ether oxygens (including phenoxy) is 2. The van der Waals surface area contributed by atoms with Crippen molar-refractivity contribution < 1.29 is 24.1 Å². The normalized spacial score (nSPS) is 16.0. The van der Waals surface area contributed by atoms with Crippen molar-refractivity contribution in [3.8, 4) is 0 Å². The molecule has 2 aliphatic rings. The van der Waals surface area contributed by atoms with E-state index in [0.717, 1.165) is 41.2 Å². The fraction of sp³-hybridized carbons (Fsp3) is 0.400. The molecule has 2 aliphatic carbocycles. The van der Waals surface area contributed by atoms with Crippen molar-refractivity contribution in [3.63, 3.8) is 0 Å². The number of hydrogen-bond donors (Lipinski definition) is 1. The molecule has 274 valence electrons. The van der Waals surface area contributed by atoms with E-state index in [-0.39, 0.29) is 17.9 Å². The van der Waals surface area contributed by atoms with Crippen molar-refractivity contribution >= 4 is 40.2 Å². The molecular formula is C45H56N3O4+. The molecule has 3 aromatic rings. The predicted octanol–water partition coefficient (Wildman–Crippen LogP) is 7.39. The molecule has 0 spiro atoms. The summed E-state index contributed by atoms with van der Waals surface area (Å²) in [6, 6.07) is 26.7. The number of esters is 2. The first kappa shape index (κ1) is 38.3. The molecular weight excluding hydrogens is 647 g/mol. The van der Waals surface area contributed by atoms with Gasteiger partial charge in [0, 0.05) is 49.0 Å². The minimum absolute atomic E-state index is 0.137. The number of allylic oxidation sites excluding steroid dienone is 3. The van der Waals surface area contributed by atoms with Crippen LogP contribution in [-0.4, -0.2) is 63.1 Å². The standard InChI is InChI=1S/C45H55N3O4/c1-7-47(28-30-51-44(49)32(3)4)37-22-18-34(19-23-37)43(35-20-24-38(25-21-35)48(8-2)29-31-52-45(50)33(5)6)41-26-27-42(40-17-13-12-16-39(40)41)46-36-14-10-9-11-15-36/h12-13,16-27,33,36H,3,7-11,14-15,28-31H2,1-2,4-6H3/p+1/b43-41-,46-42?. The zero-order valence-electron chi connectivity index (χ0n) is 31.8. The van der Waals surface area contributed by atoms with Crippen LogP contribution in [0.1, 0.15) is 89.0 Å². The molecule has 0 aromatic heterocycles. The molecule has 0 aliphatic heterocycles. The molecule has 52 heavy (non-hydrogen) atoms. The second-order valence-corrected chi connectivity index (χ2v) is 14.1. The number of nitrogens with one attached hydrogen (secondary N) is 1. The number of benzene rings is 3. The lowest BCUT2D eigenvalue weighted by Gasteiger charge is -2.25. The van der Waals surface area contributed by atoms with E-state index < -0.39 is 0 Å². The minimum atomic E-state index is -0.361. The van der Waals surface area contributed by atoms with Gasteiger partial charge in [-0.1, -0.05) is 69.3 Å². The third-order valence-electron chi connectivity index (χ3n) is 9.98. The van der Waals surface area contributed by atoms with Gasteiger partial charge in [-0.2, -0.15) is 0 Å². The summed E-state index contributed by atoms with van der Waals surface area (Å²) in [7, 11) is 0. The molecule has 0 saturated heterocycles. The SMILES string of the molecule is C=C(C)C(=O)OCCN(CC)c1ccc(/C(=C2\C=CC(=[NH+]C3CCCCC3)c3ccccc32)c2ccc(N(CC)CCOC(=O)C(C)C)cc2)cc1. The molecule has 0 bridgehead atoms. The van der Waals surface area contributed by atoms with Gasteiger partial charge in [0.25, 0.3) is 0 Å². The van der Waals surface area contributed by atoms with Gasteiger partial charge < -0.3 is 19.3 Å². The Bertz CT molecular complexity index is 1780. The summed E-state index contributed by atoms with van der Waals surface area (Å²) in [5.74, 6) is -0.667. The van der Waals surface area contributed by atoms with E-state index in [1.165, 1.54) is 54.5 Å². The van der Waals surface area contributed by atoms with Crippen LogP contribution in [0.3, 0.4) is 0 Å². The molecule has 7 heteroatoms. The number of likely N-dealkylation sites (N-methyl/N-ethyl adjacent to an activating group) is 2. The van der Waals surface area contributed by atoms with Crippen molar-refractivity contribution in [1.29, 1.82) is 0 Å². The van der Waals surface area contributed by atoms with Gasteiger partial charge in [0.15, 0.2) is 6.04 Å². The van der Waals surface area contributed by atoms with E-state index in [2.05, 4.69) is 120 Å². The number of carbonyl (C=O) groups is 2. The van der Waals surface area contributed by atoms with Gasteiger partial charge in [-0.05, 0) is 97.9 Å². The van der Waals surface area contributed by atoms with Crippen LogP contribution in [0.15, 0.2) is 97.1 Å². The van der Waals surface area contributed by atoms with Crippen LogP contribution in [0.5, 0.6) is 0 Å². The lowest BCUT2D eigenvalue weighted by molar-refractivity contribution is -0.506. The summed E-state index contributed by atoms with van der Waals surface area (Å²) in [6.45, 7) is 16.8. The molecule has 5 rings (SSSR count). The van der Waals surface area contributed by atoms with Crippen molar-refractivity contribution in [2.24, 2.45) is 5.92 Å². The Morgan fingerprint density at radius 2 is 1.31 bits per heavy atom. The number of fused-ring (bicyclic) bond motifs is 1. The molecule has 0 unspecified atom stereocenters. The summed E-state index contributed by atoms with van der Waals surface area (Å²) in [5.41, 5.74) is 10.8. The highest BCUT2D eigenvalue weighted by atomic mass is 16.5. The van der Waals surface area contributed by atoms with Gasteiger partial charge in [0.1, 0.15) is 13.2 Å². The van der Waals surface area contributed by atoms with Crippen molar-refractivity contribution in [2.75, 3.05) is 49.2 Å². The van der Waals surface area contributed by atoms with E-state index >= 15 is 0 Å². The van der Waals surface area contributed by atoms with Crippen LogP contribution in [0, 0.1) is 5.92 Å². The second-order valence-electron chi connectivity index (χ2n) is 14.1. The molecule has 3 aromatic carbocycles. The number of rotatable bonds is 15. The Labute approximate surface area is 310 Å². The van der Waals surface area contributed by atoms with Crippen LogP contribution in [0.25, 0.3) is 11.1 Å². The first-order valence-electron chi connectivity index (χ1n) is 19.1. The fourth-order valence-corrected chi connectivity index (χ4v) is 7.00. The van der Waals surface area contributed by atoms with Gasteiger partial charge in [0.2, 0.25) is 5.71 Å². The molecule has 0 amide bonds. The van der Waals surface area contributed by atoms with Crippen molar-refractivity contribution in [1.82, 2.24) is 0 Å². The fourth-order valence-electron chi connectivity index (χ4n) is 7.00. The van der Waals surface area contributed by atoms with E-state index in [1.807, 2.05) is 13.8 Å². The van der Waals surface area contributed by atoms with Gasteiger partial charge >= 0.3 is 11.9 Å². The topological polar surface area (TPSA) is 73.1 Å². The third kappa shape index (κ3) is 9.69. The smallest absolute Gasteiger partial charge is 0.333 e. The Morgan fingerprint density at radius 1 is 0.769 bits per heavy atom. The Hall–Kier alpha value is -4.91. The summed E-state index contributed by atoms with van der Waals surface area (Å²) in [5, 5.41) is 0. The molecule has 7 nitrogen and oxygen atoms in total. The van der Waals surface area contributed by atoms with Crippen LogP contribution < -0.4 is 14.8 Å². The van der Waals surface area contributed by atoms with Gasteiger partial charge in [-0.25, -0.2) is 9.79 Å². The van der Waals surface area contributed by atoms with E-state index in [9.17, 15) is 9.59 Å². The van der Waals surface area contributed by atoms with Gasteiger partial charge in [-0.3, -0.25) is 4.79 Å². The third-order valence-corrected chi connectivity index (χ3v) is 9.98. The summed E-state index contributed by atoms with van der Waals surface area (Å²) in [6.07, 6.45) is 10.9. The summed E-state index contributed by atoms with van der Waals surface area (Å²) < 4.78 is 10.9. The Morgan fingerprint density at radius 3 is 1.83 bits per heavy atom. The largest absolute Gasteiger partial charge is 0.464 e. The molecule has 0 heterocycles. The monoisotopic (exact) mass is 702 g/mol. The van der Waals surface area contributed by atoms with Crippen LogP contribution in [0.2, 0.25) is 0 Å². The van der Waals surface area contributed by atoms with E-state index in [0.29, 0.717) is 37.9 Å². The first-order chi connectivity index (χ1) is 25.2. The lowest BCUT2D eigenvalue weighted by Crippen LogP contribution is -2.80. The molecule has 1 saturated carbocycles. The number of carbonyl (C=O) groups excluding carboxylic acids is 2. The Kier molecular flexibility index (Phi) is 13.7. The van der Waals surface area contributed by atoms with Crippen LogP contribution >= 0.6 is 0 Å². The average Bonchev–Trinajstić information content (AvgIpc) is 3.17. The maximum absolute atomic E-state index is 12.0. The maximum atomic E-state index is 12.0. The molecule has 0 radical (unpaired) electrons. The van der Waals surface area contributed by atoms with E-state index in [4.69, 9.17) is 9.47 Å². The quantitative estimate of drug-likeness (QED) is 0.132. The number of hydrogen-bond acceptors (Lipinski definition) is 6. The highest BCUT2D eigenvalue weighted by molar-refractivity contribution is 6.17. The zero-order chi connectivity index (χ0) is 37.0. The van der Waals surface area contributed by atoms with Crippen LogP contribution in [-0.2, 0) is 19.1 Å². The Balaban J connectivity index is 1.51. The van der Waals surface area contributed by atoms with Gasteiger partial charge in [-0.15, -0.1) is 0 Å². The predicted molar refractivity (Wildman–Crippen MR) is 214 cm³/mol. The van der Waals surface area contributed by atoms with Gasteiger partial charge in [0.05, 0.1) is 24.6 Å². The molecule has 0 atom stereocenters. The zero-order valence-corrected chi connectivity index (χ0v) is 31.8. The first-order valence-corrected chi connectivity index (χ1v) is 19.1. The molecule has 1 N–H and O–H groups in total. The van der Waals surface area contributed by atoms with Crippen molar-refractivity contribution in [3.05, 3.63) is 119 Å². The minimum Gasteiger partial charge on any atom is -0.464 e. The van der Waals surface area contributed by atoms with Crippen LogP contribution in [0.4, 0.5) is 11.4 Å². The summed E-state index contributed by atoms with van der Waals surface area (Å²) >= 11 is 0. The molecule has 1 fully saturated rings. The summed E-state index contributed by atoms with van der Waals surface area (Å²) in [4.78, 5) is 32.3. The highest BCUT2D eigenvalue weighted by Crippen LogP contribution is 2.38. The second kappa shape index (κ2) is 18.5. The maximum Gasteiger partial charge on any atom is 0.333 e.